The molecule has 2 aromatic heterocycles. The van der Waals surface area contributed by atoms with E-state index in [2.05, 4.69) is 36.4 Å². The minimum atomic E-state index is -0.559. The number of ether oxygens (including phenoxy) is 1. The van der Waals surface area contributed by atoms with E-state index in [1.54, 1.807) is 23.5 Å². The lowest BCUT2D eigenvalue weighted by atomic mass is 10.1. The van der Waals surface area contributed by atoms with Gasteiger partial charge in [-0.3, -0.25) is 14.9 Å². The second-order valence-electron chi connectivity index (χ2n) is 7.80. The van der Waals surface area contributed by atoms with Crippen LogP contribution in [0, 0.1) is 0 Å². The zero-order valence-corrected chi connectivity index (χ0v) is 18.2. The summed E-state index contributed by atoms with van der Waals surface area (Å²) < 4.78 is 6.07. The molecule has 9 heteroatoms. The zero-order valence-electron chi connectivity index (χ0n) is 16.7. The van der Waals surface area contributed by atoms with Gasteiger partial charge in [-0.1, -0.05) is 22.0 Å². The average Bonchev–Trinajstić information content (AvgIpc) is 3.07. The van der Waals surface area contributed by atoms with Crippen molar-refractivity contribution in [2.24, 2.45) is 0 Å². The van der Waals surface area contributed by atoms with Crippen molar-refractivity contribution in [1.29, 1.82) is 0 Å². The van der Waals surface area contributed by atoms with E-state index in [4.69, 9.17) is 4.74 Å². The van der Waals surface area contributed by atoms with Gasteiger partial charge < -0.3 is 15.0 Å². The van der Waals surface area contributed by atoms with Crippen LogP contribution in [0.15, 0.2) is 40.8 Å². The number of amides is 2. The van der Waals surface area contributed by atoms with E-state index >= 15 is 0 Å². The number of carbonyl (C=O) groups excluding carboxylic acids is 2. The molecule has 0 unspecified atom stereocenters. The van der Waals surface area contributed by atoms with Crippen molar-refractivity contribution >= 4 is 33.7 Å². The third-order valence-electron chi connectivity index (χ3n) is 4.29. The number of H-pyrrole nitrogens is 1. The van der Waals surface area contributed by atoms with Gasteiger partial charge in [0.05, 0.1) is 12.7 Å². The van der Waals surface area contributed by atoms with Crippen LogP contribution < -0.4 is 5.32 Å². The SMILES string of the molecule is CC(C)(C)OC(=O)N1CCC(C(=O)Nc2[nH]ncc2Cc2cccnc2)=C(Br)C1. The quantitative estimate of drug-likeness (QED) is 0.723. The van der Waals surface area contributed by atoms with Crippen LogP contribution >= 0.6 is 15.9 Å². The summed E-state index contributed by atoms with van der Waals surface area (Å²) in [4.78, 5) is 30.7. The molecule has 2 N–H and O–H groups in total. The molecule has 1 aliphatic heterocycles. The highest BCUT2D eigenvalue weighted by Gasteiger charge is 2.28. The first-order chi connectivity index (χ1) is 13.7. The molecule has 0 bridgehead atoms. The molecule has 1 aliphatic rings. The summed E-state index contributed by atoms with van der Waals surface area (Å²) in [6.07, 6.45) is 5.84. The lowest BCUT2D eigenvalue weighted by molar-refractivity contribution is -0.113. The number of pyridine rings is 1. The molecule has 3 heterocycles. The Hall–Kier alpha value is -2.68. The third kappa shape index (κ3) is 5.66. The molecule has 3 rings (SSSR count). The lowest BCUT2D eigenvalue weighted by Gasteiger charge is -2.30. The van der Waals surface area contributed by atoms with Crippen LogP contribution in [0.2, 0.25) is 0 Å². The molecule has 0 saturated heterocycles. The summed E-state index contributed by atoms with van der Waals surface area (Å²) >= 11 is 3.46. The standard InChI is InChI=1S/C20H24BrN5O3/c1-20(2,3)29-19(28)26-8-6-15(16(21)12-26)18(27)24-17-14(11-23-25-17)9-13-5-4-7-22-10-13/h4-5,7,10-11H,6,8-9,12H2,1-3H3,(H2,23,24,25,27). The van der Waals surface area contributed by atoms with E-state index in [1.807, 2.05) is 32.9 Å². The smallest absolute Gasteiger partial charge is 0.410 e. The molecule has 0 atom stereocenters. The summed E-state index contributed by atoms with van der Waals surface area (Å²) in [5.74, 6) is 0.332. The minimum Gasteiger partial charge on any atom is -0.444 e. The van der Waals surface area contributed by atoms with E-state index in [1.165, 1.54) is 0 Å². The van der Waals surface area contributed by atoms with Gasteiger partial charge in [0.2, 0.25) is 0 Å². The van der Waals surface area contributed by atoms with Crippen LogP contribution in [-0.4, -0.2) is 50.8 Å². The van der Waals surface area contributed by atoms with Gasteiger partial charge in [0, 0.05) is 41.0 Å². The highest BCUT2D eigenvalue weighted by Crippen LogP contribution is 2.26. The number of hydrogen-bond acceptors (Lipinski definition) is 5. The van der Waals surface area contributed by atoms with Crippen molar-refractivity contribution in [2.75, 3.05) is 18.4 Å². The first-order valence-electron chi connectivity index (χ1n) is 9.31. The fraction of sp³-hybridized carbons (Fsp3) is 0.400. The van der Waals surface area contributed by atoms with Gasteiger partial charge in [-0.05, 0) is 38.8 Å². The largest absolute Gasteiger partial charge is 0.444 e. The molecule has 0 saturated carbocycles. The summed E-state index contributed by atoms with van der Waals surface area (Å²) in [6, 6.07) is 3.84. The number of aromatic amines is 1. The number of rotatable bonds is 4. The molecular formula is C20H24BrN5O3. The monoisotopic (exact) mass is 461 g/mol. The second-order valence-corrected chi connectivity index (χ2v) is 8.75. The van der Waals surface area contributed by atoms with Crippen LogP contribution in [-0.2, 0) is 16.0 Å². The van der Waals surface area contributed by atoms with E-state index in [9.17, 15) is 9.59 Å². The Morgan fingerprint density at radius 3 is 2.79 bits per heavy atom. The van der Waals surface area contributed by atoms with Crippen LogP contribution in [0.25, 0.3) is 0 Å². The first kappa shape index (κ1) is 21.0. The van der Waals surface area contributed by atoms with Crippen molar-refractivity contribution in [3.63, 3.8) is 0 Å². The van der Waals surface area contributed by atoms with Gasteiger partial charge in [0.15, 0.2) is 0 Å². The number of anilines is 1. The first-order valence-corrected chi connectivity index (χ1v) is 10.1. The lowest BCUT2D eigenvalue weighted by Crippen LogP contribution is -2.41. The summed E-state index contributed by atoms with van der Waals surface area (Å²) in [7, 11) is 0. The third-order valence-corrected chi connectivity index (χ3v) is 5.02. The highest BCUT2D eigenvalue weighted by molar-refractivity contribution is 9.11. The fourth-order valence-corrected chi connectivity index (χ4v) is 3.59. The van der Waals surface area contributed by atoms with E-state index < -0.39 is 5.60 Å². The molecular weight excluding hydrogens is 438 g/mol. The van der Waals surface area contributed by atoms with Gasteiger partial charge in [0.1, 0.15) is 11.4 Å². The topological polar surface area (TPSA) is 100 Å². The summed E-state index contributed by atoms with van der Waals surface area (Å²) in [5, 5.41) is 9.78. The van der Waals surface area contributed by atoms with Crippen LogP contribution in [0.4, 0.5) is 10.6 Å². The van der Waals surface area contributed by atoms with Gasteiger partial charge in [-0.25, -0.2) is 4.79 Å². The number of aromatic nitrogens is 3. The number of halogens is 1. The Bertz CT molecular complexity index is 918. The molecule has 29 heavy (non-hydrogen) atoms. The molecule has 0 aromatic carbocycles. The molecule has 0 fully saturated rings. The zero-order chi connectivity index (χ0) is 21.0. The molecule has 8 nitrogen and oxygen atoms in total. The van der Waals surface area contributed by atoms with Gasteiger partial charge in [-0.2, -0.15) is 5.10 Å². The number of nitrogens with zero attached hydrogens (tertiary/aromatic N) is 3. The molecule has 0 spiro atoms. The Morgan fingerprint density at radius 1 is 1.34 bits per heavy atom. The number of nitrogens with one attached hydrogen (secondary N) is 2. The van der Waals surface area contributed by atoms with E-state index in [0.29, 0.717) is 41.8 Å². The van der Waals surface area contributed by atoms with Crippen molar-refractivity contribution in [3.05, 3.63) is 51.9 Å². The maximum absolute atomic E-state index is 12.8. The fourth-order valence-electron chi connectivity index (χ4n) is 2.91. The van der Waals surface area contributed by atoms with Gasteiger partial charge in [-0.15, -0.1) is 0 Å². The van der Waals surface area contributed by atoms with Crippen molar-refractivity contribution in [2.45, 2.75) is 39.2 Å². The number of hydrogen-bond donors (Lipinski definition) is 2. The van der Waals surface area contributed by atoms with Crippen molar-refractivity contribution in [1.82, 2.24) is 20.1 Å². The van der Waals surface area contributed by atoms with Crippen molar-refractivity contribution < 1.29 is 14.3 Å². The Labute approximate surface area is 177 Å². The second kappa shape index (κ2) is 8.77. The maximum atomic E-state index is 12.8. The summed E-state index contributed by atoms with van der Waals surface area (Å²) in [5.41, 5.74) is 1.94. The predicted octanol–water partition coefficient (Wildman–Crippen LogP) is 3.62. The van der Waals surface area contributed by atoms with Crippen LogP contribution in [0.1, 0.15) is 38.3 Å². The van der Waals surface area contributed by atoms with Crippen LogP contribution in [0.5, 0.6) is 0 Å². The molecule has 154 valence electrons. The molecule has 2 amide bonds. The summed E-state index contributed by atoms with van der Waals surface area (Å²) in [6.45, 7) is 6.19. The van der Waals surface area contributed by atoms with Crippen molar-refractivity contribution in [3.8, 4) is 0 Å². The molecule has 0 aliphatic carbocycles. The highest BCUT2D eigenvalue weighted by atomic mass is 79.9. The van der Waals surface area contributed by atoms with E-state index in [-0.39, 0.29) is 12.0 Å². The van der Waals surface area contributed by atoms with E-state index in [0.717, 1.165) is 11.1 Å². The van der Waals surface area contributed by atoms with Gasteiger partial charge in [0.25, 0.3) is 5.91 Å². The normalized spacial score (nSPS) is 14.7. The average molecular weight is 462 g/mol. The molecule has 2 aromatic rings. The van der Waals surface area contributed by atoms with Crippen LogP contribution in [0.3, 0.4) is 0 Å². The van der Waals surface area contributed by atoms with Gasteiger partial charge >= 0.3 is 6.09 Å². The minimum absolute atomic E-state index is 0.225. The maximum Gasteiger partial charge on any atom is 0.410 e. The predicted molar refractivity (Wildman–Crippen MR) is 113 cm³/mol. The Kier molecular flexibility index (Phi) is 6.36. The Morgan fingerprint density at radius 2 is 2.14 bits per heavy atom. The number of carbonyl (C=O) groups is 2. The Balaban J connectivity index is 1.65. The molecule has 0 radical (unpaired) electrons.